The number of piperidine rings is 1. The van der Waals surface area contributed by atoms with E-state index in [4.69, 9.17) is 5.10 Å². The highest BCUT2D eigenvalue weighted by Crippen LogP contribution is 2.37. The second-order valence-electron chi connectivity index (χ2n) is 13.2. The highest BCUT2D eigenvalue weighted by molar-refractivity contribution is 7.88. The molecule has 0 unspecified atom stereocenters. The van der Waals surface area contributed by atoms with Crippen LogP contribution in [0.5, 0.6) is 0 Å². The zero-order chi connectivity index (χ0) is 33.9. The smallest absolute Gasteiger partial charge is 0.352 e. The number of benzene rings is 1. The van der Waals surface area contributed by atoms with Crippen LogP contribution in [-0.2, 0) is 51.8 Å². The van der Waals surface area contributed by atoms with Gasteiger partial charge in [0.1, 0.15) is 0 Å². The summed E-state index contributed by atoms with van der Waals surface area (Å²) in [5, 5.41) is 7.49. The van der Waals surface area contributed by atoms with E-state index in [1.165, 1.54) is 16.4 Å². The first-order chi connectivity index (χ1) is 22.2. The topological polar surface area (TPSA) is 111 Å². The maximum atomic E-state index is 14.0. The largest absolute Gasteiger partial charge is 0.416 e. The Morgan fingerprint density at radius 1 is 1.09 bits per heavy atom. The lowest BCUT2D eigenvalue weighted by Gasteiger charge is -2.36. The van der Waals surface area contributed by atoms with Crippen LogP contribution in [0.25, 0.3) is 11.3 Å². The molecule has 1 aromatic heterocycles. The molecule has 2 saturated heterocycles. The van der Waals surface area contributed by atoms with E-state index in [-0.39, 0.29) is 36.9 Å². The van der Waals surface area contributed by atoms with E-state index in [1.54, 1.807) is 0 Å². The van der Waals surface area contributed by atoms with Crippen molar-refractivity contribution >= 4 is 21.8 Å². The molecule has 2 fully saturated rings. The molecular weight excluding hydrogens is 635 g/mol. The molecule has 5 rings (SSSR count). The Hall–Kier alpha value is -3.01. The van der Waals surface area contributed by atoms with Gasteiger partial charge in [-0.15, -0.1) is 0 Å². The lowest BCUT2D eigenvalue weighted by atomic mass is 9.97. The molecular formula is C32H46F3N7O4S. The number of nitrogens with zero attached hydrogens (tertiary/aromatic N) is 6. The number of hydrogen-bond acceptors (Lipinski definition) is 7. The molecule has 3 aliphatic rings. The Balaban J connectivity index is 1.34. The van der Waals surface area contributed by atoms with Gasteiger partial charge in [-0.2, -0.15) is 22.6 Å². The van der Waals surface area contributed by atoms with Gasteiger partial charge in [-0.05, 0) is 64.0 Å². The van der Waals surface area contributed by atoms with Gasteiger partial charge in [-0.3, -0.25) is 14.3 Å². The number of nitrogens with one attached hydrogen (secondary N) is 1. The molecule has 0 radical (unpaired) electrons. The Bertz CT molecular complexity index is 1550. The van der Waals surface area contributed by atoms with E-state index in [1.807, 2.05) is 28.6 Å². The number of aryl methyl sites for hydroxylation is 1. The Morgan fingerprint density at radius 2 is 1.83 bits per heavy atom. The van der Waals surface area contributed by atoms with Crippen molar-refractivity contribution in [3.05, 3.63) is 40.6 Å². The zero-order valence-corrected chi connectivity index (χ0v) is 28.3. The first-order valence-corrected chi connectivity index (χ1v) is 18.2. The molecule has 3 aliphatic heterocycles. The van der Waals surface area contributed by atoms with Crippen LogP contribution in [0.4, 0.5) is 13.2 Å². The molecule has 0 aliphatic carbocycles. The van der Waals surface area contributed by atoms with Crippen molar-refractivity contribution in [1.82, 2.24) is 34.1 Å². The molecule has 0 bridgehead atoms. The normalized spacial score (nSPS) is 18.7. The molecule has 0 atom stereocenters. The molecule has 11 nitrogen and oxygen atoms in total. The van der Waals surface area contributed by atoms with E-state index in [0.717, 1.165) is 69.9 Å². The third kappa shape index (κ3) is 8.72. The van der Waals surface area contributed by atoms with Crippen molar-refractivity contribution in [1.29, 1.82) is 0 Å². The molecule has 1 N–H and O–H groups in total. The minimum Gasteiger partial charge on any atom is -0.352 e. The lowest BCUT2D eigenvalue weighted by molar-refractivity contribution is -0.138. The van der Waals surface area contributed by atoms with Gasteiger partial charge in [0.2, 0.25) is 21.8 Å². The summed E-state index contributed by atoms with van der Waals surface area (Å²) < 4.78 is 70.2. The maximum absolute atomic E-state index is 14.0. The van der Waals surface area contributed by atoms with Crippen molar-refractivity contribution in [3.8, 4) is 11.3 Å². The third-order valence-electron chi connectivity index (χ3n) is 9.47. The molecule has 2 aromatic rings. The minimum absolute atomic E-state index is 0.0775. The van der Waals surface area contributed by atoms with Crippen LogP contribution in [-0.4, -0.2) is 115 Å². The zero-order valence-electron chi connectivity index (χ0n) is 27.5. The van der Waals surface area contributed by atoms with E-state index in [9.17, 15) is 31.2 Å². The summed E-state index contributed by atoms with van der Waals surface area (Å²) in [6.07, 6.45) is 1.45. The number of carbonyl (C=O) groups is 2. The molecule has 47 heavy (non-hydrogen) atoms. The predicted molar refractivity (Wildman–Crippen MR) is 172 cm³/mol. The summed E-state index contributed by atoms with van der Waals surface area (Å²) in [5.74, 6) is -0.0847. The Kier molecular flexibility index (Phi) is 11.0. The fourth-order valence-electron chi connectivity index (χ4n) is 6.89. The van der Waals surface area contributed by atoms with Crippen molar-refractivity contribution in [3.63, 3.8) is 0 Å². The Labute approximate surface area is 275 Å². The average molecular weight is 682 g/mol. The standard InChI is InChI=1S/C32H46F3N7O4S/c1-38(2)16-12-29(43)36-21-24-20-23(7-8-27(24)32(33,34)35)31-26-22-40(47(3,45)46)19-11-28(26)42(37-31)15-5-13-39-17-9-25(10-18-39)41-14-4-6-30(41)44/h7-8,20,25H,4-6,9-19,21-22H2,1-3H3,(H,36,43). The number of amides is 2. The number of aromatic nitrogens is 2. The van der Waals surface area contributed by atoms with Gasteiger partial charge in [0.25, 0.3) is 0 Å². The molecule has 0 spiro atoms. The number of fused-ring (bicyclic) bond motifs is 1. The van der Waals surface area contributed by atoms with Gasteiger partial charge in [-0.1, -0.05) is 6.07 Å². The van der Waals surface area contributed by atoms with Gasteiger partial charge < -0.3 is 20.0 Å². The van der Waals surface area contributed by atoms with Gasteiger partial charge >= 0.3 is 6.18 Å². The summed E-state index contributed by atoms with van der Waals surface area (Å²) in [7, 11) is 0.119. The summed E-state index contributed by atoms with van der Waals surface area (Å²) >= 11 is 0. The van der Waals surface area contributed by atoms with Gasteiger partial charge in [0.15, 0.2) is 0 Å². The number of likely N-dealkylation sites (tertiary alicyclic amines) is 2. The van der Waals surface area contributed by atoms with Gasteiger partial charge in [0.05, 0.1) is 17.5 Å². The SMILES string of the molecule is CN(C)CCC(=O)NCc1cc(-c2nn(CCCN3CCC(N4CCCC4=O)CC3)c3c2CN(S(C)(=O)=O)CC3)ccc1C(F)(F)F. The van der Waals surface area contributed by atoms with E-state index in [0.29, 0.717) is 55.3 Å². The first kappa shape index (κ1) is 35.3. The van der Waals surface area contributed by atoms with Crippen LogP contribution in [0.1, 0.15) is 60.9 Å². The number of halogens is 3. The van der Waals surface area contributed by atoms with E-state index in [2.05, 4.69) is 10.2 Å². The number of sulfonamides is 1. The van der Waals surface area contributed by atoms with Crippen LogP contribution in [0, 0.1) is 0 Å². The van der Waals surface area contributed by atoms with Crippen LogP contribution < -0.4 is 5.32 Å². The van der Waals surface area contributed by atoms with Gasteiger partial charge in [0, 0.05) is 94.5 Å². The van der Waals surface area contributed by atoms with Gasteiger partial charge in [-0.25, -0.2) is 8.42 Å². The molecule has 1 aromatic carbocycles. The summed E-state index contributed by atoms with van der Waals surface area (Å²) in [6.45, 7) is 4.69. The second kappa shape index (κ2) is 14.6. The minimum atomic E-state index is -4.62. The lowest BCUT2D eigenvalue weighted by Crippen LogP contribution is -2.45. The Morgan fingerprint density at radius 3 is 2.47 bits per heavy atom. The van der Waals surface area contributed by atoms with Crippen LogP contribution in [0.3, 0.4) is 0 Å². The predicted octanol–water partition coefficient (Wildman–Crippen LogP) is 2.93. The number of carbonyl (C=O) groups excluding carboxylic acids is 2. The van der Waals surface area contributed by atoms with Crippen molar-refractivity contribution in [2.75, 3.05) is 59.6 Å². The molecule has 260 valence electrons. The summed E-state index contributed by atoms with van der Waals surface area (Å²) in [5.41, 5.74) is 1.57. The third-order valence-corrected chi connectivity index (χ3v) is 10.7. The van der Waals surface area contributed by atoms with Crippen LogP contribution in [0.2, 0.25) is 0 Å². The van der Waals surface area contributed by atoms with Crippen molar-refractivity contribution in [2.45, 2.75) is 76.8 Å². The fraction of sp³-hybridized carbons (Fsp3) is 0.656. The molecule has 0 saturated carbocycles. The molecule has 4 heterocycles. The summed E-state index contributed by atoms with van der Waals surface area (Å²) in [6, 6.07) is 4.12. The highest BCUT2D eigenvalue weighted by Gasteiger charge is 2.35. The monoisotopic (exact) mass is 681 g/mol. The number of hydrogen-bond donors (Lipinski definition) is 1. The highest BCUT2D eigenvalue weighted by atomic mass is 32.2. The molecule has 2 amide bonds. The summed E-state index contributed by atoms with van der Waals surface area (Å²) in [4.78, 5) is 30.8. The fourth-order valence-corrected chi connectivity index (χ4v) is 7.68. The van der Waals surface area contributed by atoms with E-state index < -0.39 is 21.8 Å². The first-order valence-electron chi connectivity index (χ1n) is 16.4. The van der Waals surface area contributed by atoms with E-state index >= 15 is 0 Å². The maximum Gasteiger partial charge on any atom is 0.416 e. The number of alkyl halides is 3. The number of rotatable bonds is 12. The second-order valence-corrected chi connectivity index (χ2v) is 15.1. The van der Waals surface area contributed by atoms with Crippen molar-refractivity contribution in [2.24, 2.45) is 0 Å². The molecule has 15 heteroatoms. The van der Waals surface area contributed by atoms with Crippen LogP contribution >= 0.6 is 0 Å². The van der Waals surface area contributed by atoms with Crippen molar-refractivity contribution < 1.29 is 31.2 Å². The van der Waals surface area contributed by atoms with Crippen LogP contribution in [0.15, 0.2) is 18.2 Å². The average Bonchev–Trinajstić information content (AvgIpc) is 3.61. The quantitative estimate of drug-likeness (QED) is 0.367.